The first-order chi connectivity index (χ1) is 11.8. The SMILES string of the molecule is Cc1cc(CN2CCN(C(=NCC(=O)N(C)C)NC(C)C)CC2)no1. The van der Waals surface area contributed by atoms with Crippen molar-refractivity contribution in [1.29, 1.82) is 0 Å². The molecule has 1 amide bonds. The highest BCUT2D eigenvalue weighted by Crippen LogP contribution is 2.09. The number of likely N-dealkylation sites (N-methyl/N-ethyl adjacent to an activating group) is 1. The van der Waals surface area contributed by atoms with Gasteiger partial charge in [0.2, 0.25) is 5.91 Å². The molecule has 1 saturated heterocycles. The Morgan fingerprint density at radius 2 is 2.04 bits per heavy atom. The summed E-state index contributed by atoms with van der Waals surface area (Å²) in [6, 6.07) is 2.25. The second kappa shape index (κ2) is 8.84. The number of amides is 1. The molecule has 0 saturated carbocycles. The highest BCUT2D eigenvalue weighted by molar-refractivity contribution is 5.85. The van der Waals surface area contributed by atoms with Crippen LogP contribution in [0.4, 0.5) is 0 Å². The van der Waals surface area contributed by atoms with E-state index in [0.717, 1.165) is 50.1 Å². The predicted octanol–water partition coefficient (Wildman–Crippen LogP) is 0.543. The number of nitrogens with zero attached hydrogens (tertiary/aromatic N) is 5. The zero-order valence-corrected chi connectivity index (χ0v) is 15.9. The van der Waals surface area contributed by atoms with Crippen LogP contribution >= 0.6 is 0 Å². The Labute approximate surface area is 149 Å². The summed E-state index contributed by atoms with van der Waals surface area (Å²) in [5, 5.41) is 7.43. The van der Waals surface area contributed by atoms with Crippen molar-refractivity contribution < 1.29 is 9.32 Å². The number of carbonyl (C=O) groups excluding carboxylic acids is 1. The first-order valence-corrected chi connectivity index (χ1v) is 8.75. The number of hydrogen-bond donors (Lipinski definition) is 1. The topological polar surface area (TPSA) is 77.2 Å². The van der Waals surface area contributed by atoms with Gasteiger partial charge in [-0.05, 0) is 20.8 Å². The summed E-state index contributed by atoms with van der Waals surface area (Å²) in [6.07, 6.45) is 0. The van der Waals surface area contributed by atoms with Gasteiger partial charge in [0, 0.05) is 58.9 Å². The quantitative estimate of drug-likeness (QED) is 0.617. The lowest BCUT2D eigenvalue weighted by atomic mass is 10.3. The van der Waals surface area contributed by atoms with Gasteiger partial charge in [-0.15, -0.1) is 0 Å². The number of guanidine groups is 1. The largest absolute Gasteiger partial charge is 0.361 e. The first-order valence-electron chi connectivity index (χ1n) is 8.75. The van der Waals surface area contributed by atoms with Crippen LogP contribution in [-0.4, -0.2) is 84.6 Å². The van der Waals surface area contributed by atoms with Crippen molar-refractivity contribution in [2.75, 3.05) is 46.8 Å². The molecule has 0 aliphatic carbocycles. The minimum absolute atomic E-state index is 0.00286. The van der Waals surface area contributed by atoms with E-state index in [4.69, 9.17) is 4.52 Å². The van der Waals surface area contributed by atoms with Gasteiger partial charge >= 0.3 is 0 Å². The summed E-state index contributed by atoms with van der Waals surface area (Å²) in [5.74, 6) is 1.65. The van der Waals surface area contributed by atoms with Gasteiger partial charge in [-0.1, -0.05) is 5.16 Å². The fourth-order valence-corrected chi connectivity index (χ4v) is 2.62. The highest BCUT2D eigenvalue weighted by Gasteiger charge is 2.21. The van der Waals surface area contributed by atoms with Crippen LogP contribution in [0.15, 0.2) is 15.6 Å². The second-order valence-corrected chi connectivity index (χ2v) is 6.92. The molecule has 1 aliphatic rings. The number of rotatable bonds is 5. The van der Waals surface area contributed by atoms with E-state index in [9.17, 15) is 4.79 Å². The highest BCUT2D eigenvalue weighted by atomic mass is 16.5. The number of nitrogens with one attached hydrogen (secondary N) is 1. The van der Waals surface area contributed by atoms with Crippen molar-refractivity contribution in [1.82, 2.24) is 25.2 Å². The Hall–Kier alpha value is -2.09. The Balaban J connectivity index is 1.91. The lowest BCUT2D eigenvalue weighted by Gasteiger charge is -2.36. The van der Waals surface area contributed by atoms with Crippen LogP contribution in [0, 0.1) is 6.92 Å². The number of carbonyl (C=O) groups is 1. The number of aryl methyl sites for hydroxylation is 1. The average molecular weight is 350 g/mol. The molecule has 2 heterocycles. The Bertz CT molecular complexity index is 588. The van der Waals surface area contributed by atoms with E-state index in [0.29, 0.717) is 0 Å². The van der Waals surface area contributed by atoms with Gasteiger partial charge in [-0.2, -0.15) is 0 Å². The minimum Gasteiger partial charge on any atom is -0.361 e. The van der Waals surface area contributed by atoms with Crippen molar-refractivity contribution in [2.24, 2.45) is 4.99 Å². The molecule has 2 rings (SSSR count). The third kappa shape index (κ3) is 6.04. The van der Waals surface area contributed by atoms with Crippen LogP contribution in [0.5, 0.6) is 0 Å². The molecule has 1 aromatic heterocycles. The molecule has 0 atom stereocenters. The molecular formula is C17H30N6O2. The molecule has 0 aromatic carbocycles. The average Bonchev–Trinajstić information content (AvgIpc) is 2.96. The van der Waals surface area contributed by atoms with E-state index in [2.05, 4.69) is 39.1 Å². The molecular weight excluding hydrogens is 320 g/mol. The summed E-state index contributed by atoms with van der Waals surface area (Å²) in [6.45, 7) is 10.6. The van der Waals surface area contributed by atoms with Crippen molar-refractivity contribution in [3.8, 4) is 0 Å². The smallest absolute Gasteiger partial charge is 0.243 e. The zero-order chi connectivity index (χ0) is 18.4. The van der Waals surface area contributed by atoms with Crippen LogP contribution in [0.2, 0.25) is 0 Å². The number of piperazine rings is 1. The van der Waals surface area contributed by atoms with E-state index in [-0.39, 0.29) is 18.5 Å². The van der Waals surface area contributed by atoms with Gasteiger partial charge in [0.05, 0.1) is 5.69 Å². The van der Waals surface area contributed by atoms with Crippen LogP contribution in [0.3, 0.4) is 0 Å². The van der Waals surface area contributed by atoms with Gasteiger partial charge in [0.25, 0.3) is 0 Å². The summed E-state index contributed by atoms with van der Waals surface area (Å²) < 4.78 is 5.13. The monoisotopic (exact) mass is 350 g/mol. The fourth-order valence-electron chi connectivity index (χ4n) is 2.62. The van der Waals surface area contributed by atoms with Gasteiger partial charge in [0.1, 0.15) is 12.3 Å². The van der Waals surface area contributed by atoms with E-state index < -0.39 is 0 Å². The summed E-state index contributed by atoms with van der Waals surface area (Å²) >= 11 is 0. The molecule has 1 aromatic rings. The van der Waals surface area contributed by atoms with Crippen LogP contribution in [0.25, 0.3) is 0 Å². The van der Waals surface area contributed by atoms with E-state index in [1.165, 1.54) is 0 Å². The molecule has 0 bridgehead atoms. The second-order valence-electron chi connectivity index (χ2n) is 6.92. The summed E-state index contributed by atoms with van der Waals surface area (Å²) in [7, 11) is 3.50. The molecule has 1 fully saturated rings. The van der Waals surface area contributed by atoms with Gasteiger partial charge < -0.3 is 19.6 Å². The van der Waals surface area contributed by atoms with Gasteiger partial charge in [-0.25, -0.2) is 4.99 Å². The first kappa shape index (κ1) is 19.2. The number of hydrogen-bond acceptors (Lipinski definition) is 5. The predicted molar refractivity (Wildman–Crippen MR) is 97.4 cm³/mol. The summed E-state index contributed by atoms with van der Waals surface area (Å²) in [5.41, 5.74) is 0.969. The molecule has 0 radical (unpaired) electrons. The molecule has 1 aliphatic heterocycles. The molecule has 0 spiro atoms. The lowest BCUT2D eigenvalue weighted by Crippen LogP contribution is -2.53. The van der Waals surface area contributed by atoms with E-state index in [1.807, 2.05) is 13.0 Å². The third-order valence-electron chi connectivity index (χ3n) is 4.01. The minimum atomic E-state index is 0.00286. The van der Waals surface area contributed by atoms with E-state index in [1.54, 1.807) is 19.0 Å². The normalized spacial score (nSPS) is 16.4. The molecule has 8 heteroatoms. The zero-order valence-electron chi connectivity index (χ0n) is 15.9. The molecule has 8 nitrogen and oxygen atoms in total. The maximum Gasteiger partial charge on any atom is 0.243 e. The molecule has 0 unspecified atom stereocenters. The lowest BCUT2D eigenvalue weighted by molar-refractivity contribution is -0.127. The third-order valence-corrected chi connectivity index (χ3v) is 4.01. The number of aromatic nitrogens is 1. The molecule has 1 N–H and O–H groups in total. The Morgan fingerprint density at radius 3 is 2.56 bits per heavy atom. The number of aliphatic imine (C=N–C) groups is 1. The van der Waals surface area contributed by atoms with Crippen molar-refractivity contribution >= 4 is 11.9 Å². The van der Waals surface area contributed by atoms with Crippen LogP contribution < -0.4 is 5.32 Å². The fraction of sp³-hybridized carbons (Fsp3) is 0.706. The van der Waals surface area contributed by atoms with Crippen LogP contribution in [-0.2, 0) is 11.3 Å². The van der Waals surface area contributed by atoms with Gasteiger partial charge in [0.15, 0.2) is 5.96 Å². The molecule has 140 valence electrons. The Kier molecular flexibility index (Phi) is 6.81. The molecule has 25 heavy (non-hydrogen) atoms. The van der Waals surface area contributed by atoms with Crippen molar-refractivity contribution in [2.45, 2.75) is 33.4 Å². The van der Waals surface area contributed by atoms with Crippen molar-refractivity contribution in [3.05, 3.63) is 17.5 Å². The standard InChI is InChI=1S/C17H30N6O2/c1-13(2)19-17(18-11-16(24)21(4)5)23-8-6-22(7-9-23)12-15-10-14(3)25-20-15/h10,13H,6-9,11-12H2,1-5H3,(H,18,19). The maximum absolute atomic E-state index is 11.8. The summed E-state index contributed by atoms with van der Waals surface area (Å²) in [4.78, 5) is 22.5. The van der Waals surface area contributed by atoms with E-state index >= 15 is 0 Å². The Morgan fingerprint density at radius 1 is 1.36 bits per heavy atom. The van der Waals surface area contributed by atoms with Crippen molar-refractivity contribution in [3.63, 3.8) is 0 Å². The van der Waals surface area contributed by atoms with Crippen LogP contribution in [0.1, 0.15) is 25.3 Å². The maximum atomic E-state index is 11.8. The van der Waals surface area contributed by atoms with Gasteiger partial charge in [-0.3, -0.25) is 9.69 Å².